The Morgan fingerprint density at radius 2 is 2.20 bits per heavy atom. The molecule has 0 radical (unpaired) electrons. The predicted octanol–water partition coefficient (Wildman–Crippen LogP) is 3.58. The summed E-state index contributed by atoms with van der Waals surface area (Å²) in [5, 5.41) is 3.36. The Morgan fingerprint density at radius 1 is 1.45 bits per heavy atom. The molecule has 5 nitrogen and oxygen atoms in total. The summed E-state index contributed by atoms with van der Waals surface area (Å²) in [6, 6.07) is 3.44. The van der Waals surface area contributed by atoms with Gasteiger partial charge in [0.1, 0.15) is 10.6 Å². The third-order valence-electron chi connectivity index (χ3n) is 2.51. The first kappa shape index (κ1) is 14.8. The molecule has 0 spiro atoms. The number of hydrogen-bond donors (Lipinski definition) is 2. The maximum atomic E-state index is 12.0. The van der Waals surface area contributed by atoms with Gasteiger partial charge >= 0.3 is 5.97 Å². The number of nitrogens with one attached hydrogen (secondary N) is 2. The highest BCUT2D eigenvalue weighted by Crippen LogP contribution is 2.27. The van der Waals surface area contributed by atoms with Crippen molar-refractivity contribution >= 4 is 44.1 Å². The fourth-order valence-corrected chi connectivity index (χ4v) is 2.93. The molecule has 7 heteroatoms. The van der Waals surface area contributed by atoms with Gasteiger partial charge in [-0.3, -0.25) is 4.79 Å². The second-order valence-corrected chi connectivity index (χ2v) is 6.00. The van der Waals surface area contributed by atoms with E-state index in [1.165, 1.54) is 11.3 Å². The molecule has 0 fully saturated rings. The Hall–Kier alpha value is -1.60. The van der Waals surface area contributed by atoms with E-state index in [0.29, 0.717) is 22.2 Å². The van der Waals surface area contributed by atoms with Crippen LogP contribution in [0.15, 0.2) is 22.8 Å². The number of anilines is 1. The Morgan fingerprint density at radius 3 is 2.80 bits per heavy atom. The van der Waals surface area contributed by atoms with Crippen molar-refractivity contribution in [3.8, 4) is 0 Å². The zero-order valence-electron chi connectivity index (χ0n) is 11.0. The average molecular weight is 357 g/mol. The maximum Gasteiger partial charge on any atom is 0.348 e. The van der Waals surface area contributed by atoms with Crippen molar-refractivity contribution in [3.05, 3.63) is 38.9 Å². The third kappa shape index (κ3) is 3.29. The molecule has 0 aliphatic heterocycles. The molecule has 1 amide bonds. The van der Waals surface area contributed by atoms with E-state index in [1.54, 1.807) is 25.3 Å². The molecule has 0 aliphatic carbocycles. The number of hydrogen-bond acceptors (Lipinski definition) is 4. The summed E-state index contributed by atoms with van der Waals surface area (Å²) in [6.45, 7) is 3.89. The van der Waals surface area contributed by atoms with Crippen LogP contribution in [0.25, 0.3) is 0 Å². The molecule has 106 valence electrons. The zero-order valence-corrected chi connectivity index (χ0v) is 13.4. The minimum Gasteiger partial charge on any atom is -0.462 e. The van der Waals surface area contributed by atoms with E-state index in [-0.39, 0.29) is 11.9 Å². The third-order valence-corrected chi connectivity index (χ3v) is 4.10. The predicted molar refractivity (Wildman–Crippen MR) is 81.5 cm³/mol. The molecule has 0 bridgehead atoms. The number of aromatic amines is 1. The molecule has 0 atom stereocenters. The second-order valence-electron chi connectivity index (χ2n) is 4.03. The molecular formula is C13H13BrN2O3S. The Kier molecular flexibility index (Phi) is 4.61. The van der Waals surface area contributed by atoms with Crippen molar-refractivity contribution in [2.75, 3.05) is 11.9 Å². The SMILES string of the molecule is CCOC(=O)c1sc(NC(=O)c2cc(Br)c[nH]2)cc1C. The summed E-state index contributed by atoms with van der Waals surface area (Å²) in [4.78, 5) is 27.0. The van der Waals surface area contributed by atoms with E-state index in [1.807, 2.05) is 6.92 Å². The van der Waals surface area contributed by atoms with Crippen LogP contribution in [0.2, 0.25) is 0 Å². The Balaban J connectivity index is 2.12. The smallest absolute Gasteiger partial charge is 0.348 e. The lowest BCUT2D eigenvalue weighted by Gasteiger charge is -2.00. The lowest BCUT2D eigenvalue weighted by Crippen LogP contribution is -2.11. The summed E-state index contributed by atoms with van der Waals surface area (Å²) in [5.74, 6) is -0.620. The largest absolute Gasteiger partial charge is 0.462 e. The van der Waals surface area contributed by atoms with Gasteiger partial charge in [-0.1, -0.05) is 0 Å². The number of carbonyl (C=O) groups excluding carboxylic acids is 2. The molecule has 0 unspecified atom stereocenters. The minimum absolute atomic E-state index is 0.257. The van der Waals surface area contributed by atoms with Crippen LogP contribution in [0.1, 0.15) is 32.6 Å². The monoisotopic (exact) mass is 356 g/mol. The lowest BCUT2D eigenvalue weighted by atomic mass is 10.3. The van der Waals surface area contributed by atoms with Crippen molar-refractivity contribution in [1.29, 1.82) is 0 Å². The van der Waals surface area contributed by atoms with Gasteiger partial charge in [-0.15, -0.1) is 11.3 Å². The number of rotatable bonds is 4. The van der Waals surface area contributed by atoms with Crippen LogP contribution in [0.4, 0.5) is 5.00 Å². The van der Waals surface area contributed by atoms with Gasteiger partial charge in [0.15, 0.2) is 0 Å². The number of amides is 1. The summed E-state index contributed by atoms with van der Waals surface area (Å²) in [5.41, 5.74) is 1.23. The number of H-pyrrole nitrogens is 1. The molecule has 0 saturated carbocycles. The topological polar surface area (TPSA) is 71.2 Å². The van der Waals surface area contributed by atoms with Gasteiger partial charge in [0.05, 0.1) is 11.6 Å². The molecule has 2 aromatic rings. The van der Waals surface area contributed by atoms with Crippen LogP contribution in [0.3, 0.4) is 0 Å². The van der Waals surface area contributed by atoms with Gasteiger partial charge in [0.25, 0.3) is 5.91 Å². The first-order valence-corrected chi connectivity index (χ1v) is 7.55. The van der Waals surface area contributed by atoms with E-state index in [9.17, 15) is 9.59 Å². The number of carbonyl (C=O) groups is 2. The van der Waals surface area contributed by atoms with E-state index in [4.69, 9.17) is 4.74 Å². The van der Waals surface area contributed by atoms with E-state index in [2.05, 4.69) is 26.2 Å². The van der Waals surface area contributed by atoms with Gasteiger partial charge in [-0.25, -0.2) is 4.79 Å². The van der Waals surface area contributed by atoms with Gasteiger partial charge in [0.2, 0.25) is 0 Å². The summed E-state index contributed by atoms with van der Waals surface area (Å²) in [7, 11) is 0. The number of thiophene rings is 1. The molecule has 2 rings (SSSR count). The number of esters is 1. The highest BCUT2D eigenvalue weighted by Gasteiger charge is 2.16. The molecule has 0 saturated heterocycles. The van der Waals surface area contributed by atoms with Crippen LogP contribution in [-0.2, 0) is 4.74 Å². The van der Waals surface area contributed by atoms with Gasteiger partial charge in [-0.05, 0) is 47.5 Å². The van der Waals surface area contributed by atoms with Gasteiger partial charge in [0, 0.05) is 10.7 Å². The van der Waals surface area contributed by atoms with Crippen molar-refractivity contribution in [2.45, 2.75) is 13.8 Å². The van der Waals surface area contributed by atoms with Crippen molar-refractivity contribution < 1.29 is 14.3 Å². The first-order chi connectivity index (χ1) is 9.51. The number of aromatic nitrogens is 1. The van der Waals surface area contributed by atoms with Gasteiger partial charge in [-0.2, -0.15) is 0 Å². The van der Waals surface area contributed by atoms with Crippen LogP contribution in [0, 0.1) is 6.92 Å². The van der Waals surface area contributed by atoms with E-state index in [0.717, 1.165) is 10.0 Å². The van der Waals surface area contributed by atoms with Crippen LogP contribution < -0.4 is 5.32 Å². The fourth-order valence-electron chi connectivity index (χ4n) is 1.62. The molecule has 0 aromatic carbocycles. The zero-order chi connectivity index (χ0) is 14.7. The number of ether oxygens (including phenoxy) is 1. The summed E-state index contributed by atoms with van der Waals surface area (Å²) >= 11 is 4.47. The summed E-state index contributed by atoms with van der Waals surface area (Å²) < 4.78 is 5.76. The van der Waals surface area contributed by atoms with Crippen molar-refractivity contribution in [2.24, 2.45) is 0 Å². The lowest BCUT2D eigenvalue weighted by molar-refractivity contribution is 0.0531. The quantitative estimate of drug-likeness (QED) is 0.822. The van der Waals surface area contributed by atoms with Crippen LogP contribution in [0.5, 0.6) is 0 Å². The van der Waals surface area contributed by atoms with Gasteiger partial charge < -0.3 is 15.0 Å². The maximum absolute atomic E-state index is 12.0. The molecular weight excluding hydrogens is 344 g/mol. The fraction of sp³-hybridized carbons (Fsp3) is 0.231. The first-order valence-electron chi connectivity index (χ1n) is 5.94. The molecule has 0 aliphatic rings. The molecule has 20 heavy (non-hydrogen) atoms. The van der Waals surface area contributed by atoms with Crippen molar-refractivity contribution in [1.82, 2.24) is 4.98 Å². The standard InChI is InChI=1S/C13H13BrN2O3S/c1-3-19-13(18)11-7(2)4-10(20-11)16-12(17)9-5-8(14)6-15-9/h4-6,15H,3H2,1-2H3,(H,16,17). The minimum atomic E-state index is -0.363. The number of halogens is 1. The number of aryl methyl sites for hydroxylation is 1. The second kappa shape index (κ2) is 6.23. The average Bonchev–Trinajstić information content (AvgIpc) is 2.96. The normalized spacial score (nSPS) is 10.3. The van der Waals surface area contributed by atoms with Crippen LogP contribution in [-0.4, -0.2) is 23.5 Å². The molecule has 2 heterocycles. The molecule has 2 aromatic heterocycles. The Labute approximate surface area is 128 Å². The van der Waals surface area contributed by atoms with E-state index >= 15 is 0 Å². The Bertz CT molecular complexity index is 648. The molecule has 2 N–H and O–H groups in total. The van der Waals surface area contributed by atoms with E-state index < -0.39 is 0 Å². The summed E-state index contributed by atoms with van der Waals surface area (Å²) in [6.07, 6.45) is 1.68. The highest BCUT2D eigenvalue weighted by molar-refractivity contribution is 9.10. The van der Waals surface area contributed by atoms with Crippen LogP contribution >= 0.6 is 27.3 Å². The van der Waals surface area contributed by atoms with Crippen molar-refractivity contribution in [3.63, 3.8) is 0 Å². The highest BCUT2D eigenvalue weighted by atomic mass is 79.9.